The number of thioether (sulfide) groups is 1. The number of hydrogen-bond acceptors (Lipinski definition) is 6. The topological polar surface area (TPSA) is 67.4 Å². The molecule has 0 aliphatic carbocycles. The number of hydrogen-bond donors (Lipinski definition) is 1. The minimum atomic E-state index is -0.0558. The number of carbonyl (C=O) groups is 1. The first kappa shape index (κ1) is 24.2. The molecule has 1 unspecified atom stereocenters. The molecular formula is C27H32N4O2S. The molecule has 0 saturated carbocycles. The van der Waals surface area contributed by atoms with Crippen molar-refractivity contribution in [2.24, 2.45) is 0 Å². The molecule has 2 aromatic carbocycles. The zero-order valence-electron chi connectivity index (χ0n) is 19.9. The maximum atomic E-state index is 12.4. The number of benzene rings is 2. The normalized spacial score (nSPS) is 15.3. The van der Waals surface area contributed by atoms with Gasteiger partial charge in [-0.1, -0.05) is 61.2 Å². The minimum Gasteiger partial charge on any atom is -0.376 e. The van der Waals surface area contributed by atoms with Crippen LogP contribution in [0.2, 0.25) is 0 Å². The van der Waals surface area contributed by atoms with Gasteiger partial charge in [-0.15, -0.1) is 0 Å². The average Bonchev–Trinajstić information content (AvgIpc) is 3.40. The van der Waals surface area contributed by atoms with E-state index in [1.807, 2.05) is 30.3 Å². The van der Waals surface area contributed by atoms with E-state index in [4.69, 9.17) is 14.7 Å². The maximum absolute atomic E-state index is 12.4. The zero-order valence-corrected chi connectivity index (χ0v) is 20.7. The predicted octanol–water partition coefficient (Wildman–Crippen LogP) is 4.88. The van der Waals surface area contributed by atoms with E-state index in [9.17, 15) is 4.79 Å². The SMILES string of the molecule is CCc1cc(N(C)Cc2ccccc2)nc(SCc2ccc(C(=O)NCC3CCCO3)cc2)n1. The molecule has 6 nitrogen and oxygen atoms in total. The second kappa shape index (κ2) is 12.0. The third-order valence-corrected chi connectivity index (χ3v) is 6.78. The summed E-state index contributed by atoms with van der Waals surface area (Å²) < 4.78 is 5.57. The van der Waals surface area contributed by atoms with Crippen LogP contribution in [0.25, 0.3) is 0 Å². The van der Waals surface area contributed by atoms with E-state index < -0.39 is 0 Å². The van der Waals surface area contributed by atoms with Gasteiger partial charge in [0.2, 0.25) is 0 Å². The van der Waals surface area contributed by atoms with E-state index >= 15 is 0 Å². The summed E-state index contributed by atoms with van der Waals surface area (Å²) >= 11 is 1.62. The fourth-order valence-electron chi connectivity index (χ4n) is 3.85. The highest BCUT2D eigenvalue weighted by molar-refractivity contribution is 7.98. The van der Waals surface area contributed by atoms with Gasteiger partial charge >= 0.3 is 0 Å². The summed E-state index contributed by atoms with van der Waals surface area (Å²) in [5.41, 5.74) is 4.08. The molecule has 2 heterocycles. The molecule has 0 radical (unpaired) electrons. The van der Waals surface area contributed by atoms with Crippen LogP contribution in [0.5, 0.6) is 0 Å². The summed E-state index contributed by atoms with van der Waals surface area (Å²) in [6.45, 7) is 4.27. The van der Waals surface area contributed by atoms with Crippen molar-refractivity contribution >= 4 is 23.5 Å². The van der Waals surface area contributed by atoms with Crippen molar-refractivity contribution in [2.75, 3.05) is 25.1 Å². The van der Waals surface area contributed by atoms with Gasteiger partial charge in [-0.25, -0.2) is 9.97 Å². The number of nitrogens with one attached hydrogen (secondary N) is 1. The lowest BCUT2D eigenvalue weighted by Gasteiger charge is -2.19. The Labute approximate surface area is 206 Å². The Morgan fingerprint density at radius 3 is 2.62 bits per heavy atom. The number of aryl methyl sites for hydroxylation is 1. The van der Waals surface area contributed by atoms with Gasteiger partial charge in [0.1, 0.15) is 5.82 Å². The van der Waals surface area contributed by atoms with Crippen molar-refractivity contribution in [2.45, 2.75) is 49.7 Å². The Balaban J connectivity index is 1.35. The summed E-state index contributed by atoms with van der Waals surface area (Å²) in [5, 5.41) is 3.74. The lowest BCUT2D eigenvalue weighted by atomic mass is 10.1. The summed E-state index contributed by atoms with van der Waals surface area (Å²) in [4.78, 5) is 24.1. The Hall–Kier alpha value is -2.90. The molecular weight excluding hydrogens is 444 g/mol. The molecule has 7 heteroatoms. The highest BCUT2D eigenvalue weighted by Crippen LogP contribution is 2.24. The molecule has 1 saturated heterocycles. The predicted molar refractivity (Wildman–Crippen MR) is 137 cm³/mol. The summed E-state index contributed by atoms with van der Waals surface area (Å²) in [7, 11) is 2.06. The number of nitrogens with zero attached hydrogens (tertiary/aromatic N) is 3. The van der Waals surface area contributed by atoms with Crippen LogP contribution in [0.1, 0.15) is 46.9 Å². The third kappa shape index (κ3) is 6.81. The molecule has 34 heavy (non-hydrogen) atoms. The molecule has 1 N–H and O–H groups in total. The van der Waals surface area contributed by atoms with Gasteiger partial charge in [0.25, 0.3) is 5.91 Å². The van der Waals surface area contributed by atoms with Crippen molar-refractivity contribution in [1.29, 1.82) is 0 Å². The smallest absolute Gasteiger partial charge is 0.251 e. The first-order valence-corrected chi connectivity index (χ1v) is 12.8. The average molecular weight is 477 g/mol. The quantitative estimate of drug-likeness (QED) is 0.332. The van der Waals surface area contributed by atoms with Gasteiger partial charge in [-0.05, 0) is 42.5 Å². The maximum Gasteiger partial charge on any atom is 0.251 e. The van der Waals surface area contributed by atoms with Crippen LogP contribution in [-0.2, 0) is 23.5 Å². The van der Waals surface area contributed by atoms with Gasteiger partial charge in [0.05, 0.1) is 6.10 Å². The van der Waals surface area contributed by atoms with E-state index in [1.54, 1.807) is 11.8 Å². The van der Waals surface area contributed by atoms with Gasteiger partial charge in [-0.3, -0.25) is 4.79 Å². The number of rotatable bonds is 10. The van der Waals surface area contributed by atoms with E-state index in [0.717, 1.165) is 60.4 Å². The Bertz CT molecular complexity index is 1070. The molecule has 4 rings (SSSR count). The molecule has 178 valence electrons. The number of amides is 1. The first-order chi connectivity index (χ1) is 16.6. The summed E-state index contributed by atoms with van der Waals surface area (Å²) in [6, 6.07) is 20.2. The van der Waals surface area contributed by atoms with Crippen LogP contribution in [0, 0.1) is 0 Å². The molecule has 1 aromatic heterocycles. The number of carbonyl (C=O) groups excluding carboxylic acids is 1. The molecule has 1 aliphatic rings. The van der Waals surface area contributed by atoms with Crippen molar-refractivity contribution in [1.82, 2.24) is 15.3 Å². The fourth-order valence-corrected chi connectivity index (χ4v) is 4.68. The van der Waals surface area contributed by atoms with Gasteiger partial charge in [-0.2, -0.15) is 0 Å². The van der Waals surface area contributed by atoms with Crippen molar-refractivity contribution in [3.63, 3.8) is 0 Å². The highest BCUT2D eigenvalue weighted by Gasteiger charge is 2.16. The zero-order chi connectivity index (χ0) is 23.8. The summed E-state index contributed by atoms with van der Waals surface area (Å²) in [5.74, 6) is 1.61. The third-order valence-electron chi connectivity index (χ3n) is 5.86. The molecule has 1 amide bonds. The monoisotopic (exact) mass is 476 g/mol. The molecule has 1 fully saturated rings. The second-order valence-corrected chi connectivity index (χ2v) is 9.47. The van der Waals surface area contributed by atoms with E-state index in [0.29, 0.717) is 12.1 Å². The van der Waals surface area contributed by atoms with Crippen LogP contribution in [-0.4, -0.2) is 42.2 Å². The van der Waals surface area contributed by atoms with Gasteiger partial charge in [0.15, 0.2) is 5.16 Å². The molecule has 0 spiro atoms. The standard InChI is InChI=1S/C27H32N4O2S/c1-3-23-16-25(31(2)18-20-8-5-4-6-9-20)30-27(29-23)34-19-21-11-13-22(14-12-21)26(32)28-17-24-10-7-15-33-24/h4-6,8-9,11-14,16,24H,3,7,10,15,17-19H2,1-2H3,(H,28,32). The molecule has 0 bridgehead atoms. The van der Waals surface area contributed by atoms with Gasteiger partial charge in [0, 0.05) is 49.8 Å². The Kier molecular flexibility index (Phi) is 8.55. The number of ether oxygens (including phenoxy) is 1. The van der Waals surface area contributed by atoms with Crippen LogP contribution < -0.4 is 10.2 Å². The minimum absolute atomic E-state index is 0.0558. The Morgan fingerprint density at radius 2 is 1.91 bits per heavy atom. The van der Waals surface area contributed by atoms with Crippen LogP contribution >= 0.6 is 11.8 Å². The van der Waals surface area contributed by atoms with E-state index in [2.05, 4.69) is 54.5 Å². The lowest BCUT2D eigenvalue weighted by Crippen LogP contribution is -2.31. The number of aromatic nitrogens is 2. The largest absolute Gasteiger partial charge is 0.376 e. The van der Waals surface area contributed by atoms with E-state index in [1.165, 1.54) is 5.56 Å². The highest BCUT2D eigenvalue weighted by atomic mass is 32.2. The number of anilines is 1. The van der Waals surface area contributed by atoms with Crippen LogP contribution in [0.15, 0.2) is 65.8 Å². The van der Waals surface area contributed by atoms with Crippen LogP contribution in [0.4, 0.5) is 5.82 Å². The van der Waals surface area contributed by atoms with Crippen LogP contribution in [0.3, 0.4) is 0 Å². The van der Waals surface area contributed by atoms with Crippen molar-refractivity contribution in [3.8, 4) is 0 Å². The Morgan fingerprint density at radius 1 is 1.12 bits per heavy atom. The van der Waals surface area contributed by atoms with Gasteiger partial charge < -0.3 is 15.0 Å². The molecule has 3 aromatic rings. The summed E-state index contributed by atoms with van der Waals surface area (Å²) in [6.07, 6.45) is 3.09. The lowest BCUT2D eigenvalue weighted by molar-refractivity contribution is 0.0858. The van der Waals surface area contributed by atoms with Crippen molar-refractivity contribution in [3.05, 3.63) is 83.0 Å². The molecule has 1 atom stereocenters. The van der Waals surface area contributed by atoms with Crippen molar-refractivity contribution < 1.29 is 9.53 Å². The fraction of sp³-hybridized carbons (Fsp3) is 0.370. The second-order valence-electron chi connectivity index (χ2n) is 8.53. The van der Waals surface area contributed by atoms with E-state index in [-0.39, 0.29) is 12.0 Å². The first-order valence-electron chi connectivity index (χ1n) is 11.8. The molecule has 1 aliphatic heterocycles.